The highest BCUT2D eigenvalue weighted by Crippen LogP contribution is 2.08. The van der Waals surface area contributed by atoms with Crippen molar-refractivity contribution >= 4 is 35.5 Å². The Morgan fingerprint density at radius 3 is 1.97 bits per heavy atom. The number of hydrogen-bond donors (Lipinski definition) is 7. The number of aliphatic hydroxyl groups excluding tert-OH is 2. The maximum absolute atomic E-state index is 12.7. The fraction of sp³-hybridized carbons (Fsp3) is 0.778. The van der Waals surface area contributed by atoms with Gasteiger partial charge in [0, 0.05) is 0 Å². The molecule has 5 unspecified atom stereocenters. The number of rotatable bonds is 14. The van der Waals surface area contributed by atoms with Crippen LogP contribution < -0.4 is 21.7 Å². The largest absolute Gasteiger partial charge is 0.480 e. The zero-order valence-corrected chi connectivity index (χ0v) is 18.6. The summed E-state index contributed by atoms with van der Waals surface area (Å²) in [6.07, 6.45) is 0.935. The van der Waals surface area contributed by atoms with Gasteiger partial charge in [0.15, 0.2) is 0 Å². The lowest BCUT2D eigenvalue weighted by Gasteiger charge is -2.27. The van der Waals surface area contributed by atoms with Crippen LogP contribution in [0.15, 0.2) is 0 Å². The summed E-state index contributed by atoms with van der Waals surface area (Å²) in [5.74, 6) is -3.02. The van der Waals surface area contributed by atoms with E-state index in [1.165, 1.54) is 18.7 Å². The predicted molar refractivity (Wildman–Crippen MR) is 113 cm³/mol. The van der Waals surface area contributed by atoms with E-state index in [4.69, 9.17) is 10.8 Å². The van der Waals surface area contributed by atoms with Crippen LogP contribution in [0.25, 0.3) is 0 Å². The summed E-state index contributed by atoms with van der Waals surface area (Å²) >= 11 is 1.44. The van der Waals surface area contributed by atoms with Crippen LogP contribution in [0.3, 0.4) is 0 Å². The second kappa shape index (κ2) is 14.2. The van der Waals surface area contributed by atoms with Crippen molar-refractivity contribution in [1.29, 1.82) is 0 Å². The number of aliphatic hydroxyl groups is 2. The molecule has 0 bridgehead atoms. The monoisotopic (exact) mass is 450 g/mol. The van der Waals surface area contributed by atoms with Gasteiger partial charge in [-0.25, -0.2) is 4.79 Å². The summed E-state index contributed by atoms with van der Waals surface area (Å²) in [5.41, 5.74) is 5.41. The lowest BCUT2D eigenvalue weighted by molar-refractivity contribution is -0.142. The average Bonchev–Trinajstić information content (AvgIpc) is 2.66. The van der Waals surface area contributed by atoms with Gasteiger partial charge in [0.05, 0.1) is 12.7 Å². The van der Waals surface area contributed by atoms with Gasteiger partial charge in [-0.1, -0.05) is 13.8 Å². The SMILES string of the molecule is CSCCC(NC(=O)C(CC(C)C)NC(=O)C(NC(=O)C(N)CO)C(C)O)C(=O)O. The number of hydrogen-bond acceptors (Lipinski definition) is 8. The van der Waals surface area contributed by atoms with Gasteiger partial charge in [0.1, 0.15) is 24.2 Å². The predicted octanol–water partition coefficient (Wildman–Crippen LogP) is -1.97. The van der Waals surface area contributed by atoms with Crippen LogP contribution in [0.5, 0.6) is 0 Å². The molecule has 0 aromatic heterocycles. The number of aliphatic carboxylic acids is 1. The molecule has 0 aromatic rings. The molecule has 0 radical (unpaired) electrons. The Hall–Kier alpha value is -1.89. The number of thioether (sulfide) groups is 1. The molecular formula is C18H34N4O7S. The van der Waals surface area contributed by atoms with Crippen LogP contribution in [-0.4, -0.2) is 87.9 Å². The van der Waals surface area contributed by atoms with Crippen LogP contribution in [0.1, 0.15) is 33.6 Å². The first-order valence-corrected chi connectivity index (χ1v) is 11.0. The minimum atomic E-state index is -1.41. The highest BCUT2D eigenvalue weighted by atomic mass is 32.2. The van der Waals surface area contributed by atoms with Gasteiger partial charge in [-0.2, -0.15) is 11.8 Å². The molecule has 0 aliphatic heterocycles. The third kappa shape index (κ3) is 10.2. The zero-order valence-electron chi connectivity index (χ0n) is 17.8. The van der Waals surface area contributed by atoms with Gasteiger partial charge in [0.2, 0.25) is 17.7 Å². The molecule has 0 aliphatic carbocycles. The molecule has 30 heavy (non-hydrogen) atoms. The van der Waals surface area contributed by atoms with E-state index in [-0.39, 0.29) is 18.8 Å². The molecule has 12 heteroatoms. The Morgan fingerprint density at radius 1 is 0.967 bits per heavy atom. The molecule has 174 valence electrons. The van der Waals surface area contributed by atoms with Gasteiger partial charge in [-0.3, -0.25) is 14.4 Å². The topological polar surface area (TPSA) is 191 Å². The molecule has 0 saturated heterocycles. The highest BCUT2D eigenvalue weighted by molar-refractivity contribution is 7.98. The maximum atomic E-state index is 12.7. The van der Waals surface area contributed by atoms with E-state index in [0.29, 0.717) is 5.75 Å². The molecule has 0 aliphatic rings. The quantitative estimate of drug-likeness (QED) is 0.157. The fourth-order valence-electron chi connectivity index (χ4n) is 2.48. The zero-order chi connectivity index (χ0) is 23.4. The van der Waals surface area contributed by atoms with Crippen molar-refractivity contribution in [1.82, 2.24) is 16.0 Å². The maximum Gasteiger partial charge on any atom is 0.326 e. The Kier molecular flexibility index (Phi) is 13.3. The minimum absolute atomic E-state index is 0.0158. The van der Waals surface area contributed by atoms with E-state index >= 15 is 0 Å². The third-order valence-electron chi connectivity index (χ3n) is 4.16. The Morgan fingerprint density at radius 2 is 1.53 bits per heavy atom. The first-order valence-electron chi connectivity index (χ1n) is 9.61. The molecule has 8 N–H and O–H groups in total. The molecule has 0 rings (SSSR count). The number of amides is 3. The molecule has 3 amide bonds. The van der Waals surface area contributed by atoms with E-state index in [1.54, 1.807) is 0 Å². The third-order valence-corrected chi connectivity index (χ3v) is 4.81. The molecule has 11 nitrogen and oxygen atoms in total. The first kappa shape index (κ1) is 28.1. The molecule has 0 heterocycles. The van der Waals surface area contributed by atoms with Gasteiger partial charge < -0.3 is 37.0 Å². The van der Waals surface area contributed by atoms with Crippen LogP contribution in [0.4, 0.5) is 0 Å². The number of carbonyl (C=O) groups is 4. The van der Waals surface area contributed by atoms with Crippen LogP contribution >= 0.6 is 11.8 Å². The van der Waals surface area contributed by atoms with Crippen LogP contribution in [0.2, 0.25) is 0 Å². The van der Waals surface area contributed by atoms with Crippen molar-refractivity contribution in [2.45, 2.75) is 63.9 Å². The summed E-state index contributed by atoms with van der Waals surface area (Å²) in [7, 11) is 0. The van der Waals surface area contributed by atoms with Gasteiger partial charge >= 0.3 is 5.97 Å². The van der Waals surface area contributed by atoms with Crippen molar-refractivity contribution in [3.63, 3.8) is 0 Å². The van der Waals surface area contributed by atoms with Crippen molar-refractivity contribution in [3.05, 3.63) is 0 Å². The van der Waals surface area contributed by atoms with Crippen molar-refractivity contribution in [2.24, 2.45) is 11.7 Å². The molecule has 0 spiro atoms. The second-order valence-corrected chi connectivity index (χ2v) is 8.37. The Bertz CT molecular complexity index is 589. The van der Waals surface area contributed by atoms with E-state index < -0.39 is 60.6 Å². The number of carbonyl (C=O) groups excluding carboxylic acids is 3. The number of nitrogens with one attached hydrogen (secondary N) is 3. The Balaban J connectivity index is 5.35. The van der Waals surface area contributed by atoms with Gasteiger partial charge in [0.25, 0.3) is 0 Å². The summed E-state index contributed by atoms with van der Waals surface area (Å²) in [6, 6.07) is -4.87. The molecular weight excluding hydrogens is 416 g/mol. The molecule has 0 saturated carbocycles. The molecule has 5 atom stereocenters. The Labute approximate surface area is 180 Å². The summed E-state index contributed by atoms with van der Waals surface area (Å²) < 4.78 is 0. The van der Waals surface area contributed by atoms with E-state index in [0.717, 1.165) is 0 Å². The number of carboxylic acids is 1. The fourth-order valence-corrected chi connectivity index (χ4v) is 2.95. The molecule has 0 aromatic carbocycles. The van der Waals surface area contributed by atoms with E-state index in [9.17, 15) is 29.4 Å². The summed E-state index contributed by atoms with van der Waals surface area (Å²) in [5, 5.41) is 35.3. The van der Waals surface area contributed by atoms with Crippen molar-refractivity contribution < 1.29 is 34.5 Å². The second-order valence-electron chi connectivity index (χ2n) is 7.39. The summed E-state index contributed by atoms with van der Waals surface area (Å²) in [6.45, 7) is 4.27. The molecule has 0 fully saturated rings. The van der Waals surface area contributed by atoms with E-state index in [1.807, 2.05) is 20.1 Å². The smallest absolute Gasteiger partial charge is 0.326 e. The van der Waals surface area contributed by atoms with Crippen molar-refractivity contribution in [3.8, 4) is 0 Å². The van der Waals surface area contributed by atoms with Crippen molar-refractivity contribution in [2.75, 3.05) is 18.6 Å². The number of nitrogens with two attached hydrogens (primary N) is 1. The minimum Gasteiger partial charge on any atom is -0.480 e. The van der Waals surface area contributed by atoms with E-state index in [2.05, 4.69) is 16.0 Å². The summed E-state index contributed by atoms with van der Waals surface area (Å²) in [4.78, 5) is 48.6. The first-order chi connectivity index (χ1) is 13.9. The van der Waals surface area contributed by atoms with Crippen LogP contribution in [0, 0.1) is 5.92 Å². The average molecular weight is 451 g/mol. The number of carboxylic acid groups (broad SMARTS) is 1. The lowest BCUT2D eigenvalue weighted by atomic mass is 10.0. The van der Waals surface area contributed by atoms with Crippen LogP contribution in [-0.2, 0) is 19.2 Å². The lowest BCUT2D eigenvalue weighted by Crippen LogP contribution is -2.60. The van der Waals surface area contributed by atoms with Gasteiger partial charge in [-0.05, 0) is 37.7 Å². The highest BCUT2D eigenvalue weighted by Gasteiger charge is 2.32. The standard InChI is InChI=1S/C18H34N4O7S/c1-9(2)7-13(16(26)20-12(18(28)29)5-6-30-4)21-17(27)14(10(3)24)22-15(25)11(19)8-23/h9-14,23-24H,5-8,19H2,1-4H3,(H,20,26)(H,21,27)(H,22,25)(H,28,29). The normalized spacial score (nSPS) is 16.1. The van der Waals surface area contributed by atoms with Gasteiger partial charge in [-0.15, -0.1) is 0 Å².